The van der Waals surface area contributed by atoms with Gasteiger partial charge in [-0.3, -0.25) is 4.79 Å². The van der Waals surface area contributed by atoms with Gasteiger partial charge in [-0.15, -0.1) is 0 Å². The van der Waals surface area contributed by atoms with Crippen molar-refractivity contribution in [1.82, 2.24) is 9.62 Å². The van der Waals surface area contributed by atoms with Gasteiger partial charge in [0.15, 0.2) is 0 Å². The average molecular weight is 483 g/mol. The van der Waals surface area contributed by atoms with Gasteiger partial charge in [-0.25, -0.2) is 8.42 Å². The quantitative estimate of drug-likeness (QED) is 0.509. The maximum atomic E-state index is 13.3. The van der Waals surface area contributed by atoms with Crippen molar-refractivity contribution in [3.63, 3.8) is 0 Å². The minimum Gasteiger partial charge on any atom is -0.341 e. The molecule has 0 spiro atoms. The van der Waals surface area contributed by atoms with Crippen LogP contribution in [-0.4, -0.2) is 31.7 Å². The summed E-state index contributed by atoms with van der Waals surface area (Å²) in [6.07, 6.45) is 3.74. The van der Waals surface area contributed by atoms with Crippen molar-refractivity contribution in [2.24, 2.45) is 0 Å². The molecule has 0 unspecified atom stereocenters. The van der Waals surface area contributed by atoms with E-state index in [1.54, 1.807) is 0 Å². The third kappa shape index (κ3) is 5.46. The van der Waals surface area contributed by atoms with Crippen LogP contribution >= 0.6 is 11.6 Å². The molecule has 1 saturated heterocycles. The molecular formula is C26H27ClN2O3S. The van der Waals surface area contributed by atoms with Gasteiger partial charge in [0, 0.05) is 13.1 Å². The van der Waals surface area contributed by atoms with Crippen molar-refractivity contribution in [3.8, 4) is 0 Å². The Hall–Kier alpha value is -2.67. The van der Waals surface area contributed by atoms with Gasteiger partial charge in [0.25, 0.3) is 5.91 Å². The Bertz CT molecular complexity index is 1150. The van der Waals surface area contributed by atoms with Gasteiger partial charge in [-0.05, 0) is 42.2 Å². The highest BCUT2D eigenvalue weighted by atomic mass is 35.5. The van der Waals surface area contributed by atoms with Crippen molar-refractivity contribution < 1.29 is 13.2 Å². The van der Waals surface area contributed by atoms with Crippen LogP contribution in [0.2, 0.25) is 5.02 Å². The van der Waals surface area contributed by atoms with Crippen LogP contribution in [0.5, 0.6) is 0 Å². The molecule has 7 heteroatoms. The Morgan fingerprint density at radius 3 is 1.91 bits per heavy atom. The molecule has 0 atom stereocenters. The number of hydrogen-bond acceptors (Lipinski definition) is 3. The van der Waals surface area contributed by atoms with Crippen molar-refractivity contribution in [2.75, 3.05) is 13.1 Å². The molecule has 1 amide bonds. The van der Waals surface area contributed by atoms with E-state index < -0.39 is 22.0 Å². The van der Waals surface area contributed by atoms with Gasteiger partial charge in [-0.1, -0.05) is 85.1 Å². The topological polar surface area (TPSA) is 66.5 Å². The number of amides is 1. The van der Waals surface area contributed by atoms with Crippen LogP contribution < -0.4 is 5.32 Å². The number of hydrogen-bond donors (Lipinski definition) is 1. The number of carbonyl (C=O) groups excluding carboxylic acids is 1. The van der Waals surface area contributed by atoms with Gasteiger partial charge in [-0.2, -0.15) is 4.31 Å². The summed E-state index contributed by atoms with van der Waals surface area (Å²) in [5.41, 5.74) is 1.98. The Morgan fingerprint density at radius 1 is 0.818 bits per heavy atom. The number of sulfonamides is 1. The van der Waals surface area contributed by atoms with Crippen LogP contribution in [0.4, 0.5) is 0 Å². The first-order valence-corrected chi connectivity index (χ1v) is 13.0. The molecule has 1 fully saturated rings. The molecule has 5 nitrogen and oxygen atoms in total. The summed E-state index contributed by atoms with van der Waals surface area (Å²) >= 11 is 6.36. The first-order valence-electron chi connectivity index (χ1n) is 11.2. The molecule has 0 saturated carbocycles. The first-order chi connectivity index (χ1) is 16.0. The number of carbonyl (C=O) groups is 1. The van der Waals surface area contributed by atoms with Crippen molar-refractivity contribution >= 4 is 27.5 Å². The number of nitrogens with one attached hydrogen (secondary N) is 1. The Morgan fingerprint density at radius 2 is 1.36 bits per heavy atom. The summed E-state index contributed by atoms with van der Waals surface area (Å²) < 4.78 is 28.0. The molecule has 1 aliphatic rings. The number of rotatable bonds is 6. The molecule has 0 radical (unpaired) electrons. The Labute approximate surface area is 200 Å². The lowest BCUT2D eigenvalue weighted by atomic mass is 9.98. The zero-order valence-corrected chi connectivity index (χ0v) is 19.9. The average Bonchev–Trinajstić information content (AvgIpc) is 3.14. The zero-order valence-electron chi connectivity index (χ0n) is 18.3. The standard InChI is InChI=1S/C26H27ClN2O3S/c27-24-16-15-22(33(31,32)29-17-9-1-2-10-18-29)19-23(24)26(30)28-25(20-11-5-3-6-12-20)21-13-7-4-8-14-21/h3-8,11-16,19,25H,1-2,9-10,17-18H2,(H,28,30). The third-order valence-corrected chi connectivity index (χ3v) is 8.15. The molecule has 3 aromatic carbocycles. The van der Waals surface area contributed by atoms with E-state index in [-0.39, 0.29) is 15.5 Å². The van der Waals surface area contributed by atoms with E-state index in [1.165, 1.54) is 22.5 Å². The minimum absolute atomic E-state index is 0.0925. The fraction of sp³-hybridized carbons (Fsp3) is 0.269. The lowest BCUT2D eigenvalue weighted by molar-refractivity contribution is 0.0943. The zero-order chi connectivity index (χ0) is 23.3. The predicted octanol–water partition coefficient (Wildman–Crippen LogP) is 5.42. The van der Waals surface area contributed by atoms with Gasteiger partial charge in [0.2, 0.25) is 10.0 Å². The monoisotopic (exact) mass is 482 g/mol. The van der Waals surface area contributed by atoms with E-state index in [2.05, 4.69) is 5.32 Å². The van der Waals surface area contributed by atoms with Crippen LogP contribution in [0, 0.1) is 0 Å². The molecule has 0 aliphatic carbocycles. The number of halogens is 1. The molecule has 0 bridgehead atoms. The number of nitrogens with zero attached hydrogens (tertiary/aromatic N) is 1. The first kappa shape index (κ1) is 23.5. The van der Waals surface area contributed by atoms with Crippen LogP contribution in [0.15, 0.2) is 83.8 Å². The predicted molar refractivity (Wildman–Crippen MR) is 131 cm³/mol. The van der Waals surface area contributed by atoms with E-state index >= 15 is 0 Å². The molecule has 3 aromatic rings. The highest BCUT2D eigenvalue weighted by Crippen LogP contribution is 2.27. The van der Waals surface area contributed by atoms with Gasteiger partial charge < -0.3 is 5.32 Å². The minimum atomic E-state index is -3.70. The van der Waals surface area contributed by atoms with Crippen molar-refractivity contribution in [3.05, 3.63) is 101 Å². The normalized spacial score (nSPS) is 15.2. The summed E-state index contributed by atoms with van der Waals surface area (Å²) in [4.78, 5) is 13.4. The highest BCUT2D eigenvalue weighted by Gasteiger charge is 2.27. The summed E-state index contributed by atoms with van der Waals surface area (Å²) in [6.45, 7) is 0.993. The van der Waals surface area contributed by atoms with E-state index in [9.17, 15) is 13.2 Å². The van der Waals surface area contributed by atoms with Gasteiger partial charge in [0.1, 0.15) is 0 Å². The van der Waals surface area contributed by atoms with Crippen molar-refractivity contribution in [1.29, 1.82) is 0 Å². The summed E-state index contributed by atoms with van der Waals surface area (Å²) in [5, 5.41) is 3.25. The SMILES string of the molecule is O=C(NC(c1ccccc1)c1ccccc1)c1cc(S(=O)(=O)N2CCCCCC2)ccc1Cl. The third-order valence-electron chi connectivity index (χ3n) is 5.93. The summed E-state index contributed by atoms with van der Waals surface area (Å²) in [5.74, 6) is -0.425. The fourth-order valence-corrected chi connectivity index (χ4v) is 5.88. The van der Waals surface area contributed by atoms with Crippen LogP contribution in [0.25, 0.3) is 0 Å². The summed E-state index contributed by atoms with van der Waals surface area (Å²) in [7, 11) is -3.70. The maximum absolute atomic E-state index is 13.3. The van der Waals surface area contributed by atoms with Crippen LogP contribution in [0.1, 0.15) is 53.2 Å². The number of benzene rings is 3. The molecular weight excluding hydrogens is 456 g/mol. The molecule has 33 heavy (non-hydrogen) atoms. The van der Waals surface area contributed by atoms with E-state index in [1.807, 2.05) is 60.7 Å². The van der Waals surface area contributed by atoms with E-state index in [0.29, 0.717) is 13.1 Å². The second kappa shape index (κ2) is 10.5. The van der Waals surface area contributed by atoms with E-state index in [0.717, 1.165) is 36.8 Å². The summed E-state index contributed by atoms with van der Waals surface area (Å²) in [6, 6.07) is 23.2. The van der Waals surface area contributed by atoms with E-state index in [4.69, 9.17) is 11.6 Å². The molecule has 172 valence electrons. The largest absolute Gasteiger partial charge is 0.341 e. The molecule has 4 rings (SSSR count). The Kier molecular flexibility index (Phi) is 7.48. The maximum Gasteiger partial charge on any atom is 0.253 e. The molecule has 0 aromatic heterocycles. The second-order valence-electron chi connectivity index (χ2n) is 8.19. The second-order valence-corrected chi connectivity index (χ2v) is 10.5. The lowest BCUT2D eigenvalue weighted by Crippen LogP contribution is -2.32. The highest BCUT2D eigenvalue weighted by molar-refractivity contribution is 7.89. The molecule has 1 N–H and O–H groups in total. The van der Waals surface area contributed by atoms with Crippen LogP contribution in [0.3, 0.4) is 0 Å². The Balaban J connectivity index is 1.65. The van der Waals surface area contributed by atoms with Gasteiger partial charge >= 0.3 is 0 Å². The molecule has 1 heterocycles. The smallest absolute Gasteiger partial charge is 0.253 e. The van der Waals surface area contributed by atoms with Gasteiger partial charge in [0.05, 0.1) is 21.5 Å². The van der Waals surface area contributed by atoms with Crippen LogP contribution in [-0.2, 0) is 10.0 Å². The molecule has 1 aliphatic heterocycles. The fourth-order valence-electron chi connectivity index (χ4n) is 4.13. The van der Waals surface area contributed by atoms with Crippen molar-refractivity contribution in [2.45, 2.75) is 36.6 Å². The lowest BCUT2D eigenvalue weighted by Gasteiger charge is -2.22.